The molecule has 2 heterocycles. The molecule has 0 atom stereocenters. The van der Waals surface area contributed by atoms with Crippen molar-refractivity contribution < 1.29 is 23.8 Å². The van der Waals surface area contributed by atoms with E-state index in [9.17, 15) is 9.59 Å². The predicted octanol–water partition coefficient (Wildman–Crippen LogP) is 2.09. The number of hydrogen-bond acceptors (Lipinski definition) is 5. The lowest BCUT2D eigenvalue weighted by molar-refractivity contribution is -0.137. The van der Waals surface area contributed by atoms with Gasteiger partial charge in [0.25, 0.3) is 5.91 Å². The highest BCUT2D eigenvalue weighted by Gasteiger charge is 2.27. The number of hydrogen-bond donors (Lipinski definition) is 0. The standard InChI is InChI=1S/C21H30N2O5/c1-26-18-5-7-19(8-6-18)28-16-21(25)23(17-9-14-27-15-10-17)13-3-12-22-11-2-4-20(22)24/h5-8,17H,2-4,9-16H2,1H3. The van der Waals surface area contributed by atoms with Gasteiger partial charge in [0, 0.05) is 45.3 Å². The average Bonchev–Trinajstić information content (AvgIpc) is 3.15. The van der Waals surface area contributed by atoms with E-state index in [0.29, 0.717) is 38.5 Å². The van der Waals surface area contributed by atoms with Crippen LogP contribution in [0, 0.1) is 0 Å². The molecule has 154 valence electrons. The third-order valence-corrected chi connectivity index (χ3v) is 5.37. The fourth-order valence-electron chi connectivity index (χ4n) is 3.78. The molecule has 0 aromatic heterocycles. The molecule has 0 saturated carbocycles. The summed E-state index contributed by atoms with van der Waals surface area (Å²) in [7, 11) is 1.61. The Morgan fingerprint density at radius 1 is 1.21 bits per heavy atom. The van der Waals surface area contributed by atoms with Crippen LogP contribution in [0.3, 0.4) is 0 Å². The maximum Gasteiger partial charge on any atom is 0.260 e. The molecule has 2 aliphatic rings. The number of carbonyl (C=O) groups excluding carboxylic acids is 2. The molecule has 2 amide bonds. The van der Waals surface area contributed by atoms with Gasteiger partial charge < -0.3 is 24.0 Å². The van der Waals surface area contributed by atoms with Crippen molar-refractivity contribution in [2.45, 2.75) is 38.1 Å². The zero-order valence-corrected chi connectivity index (χ0v) is 16.6. The second-order valence-electron chi connectivity index (χ2n) is 7.23. The first kappa shape index (κ1) is 20.5. The first-order valence-electron chi connectivity index (χ1n) is 10.1. The Balaban J connectivity index is 1.53. The molecule has 0 unspecified atom stereocenters. The van der Waals surface area contributed by atoms with E-state index in [1.165, 1.54) is 0 Å². The Kier molecular flexibility index (Phi) is 7.54. The summed E-state index contributed by atoms with van der Waals surface area (Å²) in [4.78, 5) is 28.5. The van der Waals surface area contributed by atoms with Crippen molar-refractivity contribution >= 4 is 11.8 Å². The number of benzene rings is 1. The number of likely N-dealkylation sites (tertiary alicyclic amines) is 1. The third kappa shape index (κ3) is 5.61. The van der Waals surface area contributed by atoms with E-state index in [2.05, 4.69) is 0 Å². The van der Waals surface area contributed by atoms with Gasteiger partial charge in [0.2, 0.25) is 5.91 Å². The van der Waals surface area contributed by atoms with E-state index >= 15 is 0 Å². The maximum absolute atomic E-state index is 12.9. The van der Waals surface area contributed by atoms with Crippen LogP contribution < -0.4 is 9.47 Å². The van der Waals surface area contributed by atoms with Gasteiger partial charge in [-0.1, -0.05) is 0 Å². The average molecular weight is 390 g/mol. The van der Waals surface area contributed by atoms with Crippen LogP contribution in [0.1, 0.15) is 32.1 Å². The number of carbonyl (C=O) groups is 2. The minimum Gasteiger partial charge on any atom is -0.497 e. The lowest BCUT2D eigenvalue weighted by Gasteiger charge is -2.34. The second-order valence-corrected chi connectivity index (χ2v) is 7.23. The summed E-state index contributed by atoms with van der Waals surface area (Å²) in [6.07, 6.45) is 4.07. The summed E-state index contributed by atoms with van der Waals surface area (Å²) in [5.41, 5.74) is 0. The highest BCUT2D eigenvalue weighted by atomic mass is 16.5. The van der Waals surface area contributed by atoms with Crippen LogP contribution in [-0.2, 0) is 14.3 Å². The second kappa shape index (κ2) is 10.3. The monoisotopic (exact) mass is 390 g/mol. The van der Waals surface area contributed by atoms with Crippen LogP contribution in [0.5, 0.6) is 11.5 Å². The molecule has 28 heavy (non-hydrogen) atoms. The highest BCUT2D eigenvalue weighted by molar-refractivity contribution is 5.78. The van der Waals surface area contributed by atoms with Crippen molar-refractivity contribution in [3.63, 3.8) is 0 Å². The minimum absolute atomic E-state index is 0.00628. The normalized spacial score (nSPS) is 17.6. The van der Waals surface area contributed by atoms with E-state index in [1.807, 2.05) is 21.9 Å². The van der Waals surface area contributed by atoms with Crippen molar-refractivity contribution in [2.24, 2.45) is 0 Å². The number of ether oxygens (including phenoxy) is 3. The van der Waals surface area contributed by atoms with E-state index in [1.54, 1.807) is 19.2 Å². The van der Waals surface area contributed by atoms with E-state index in [-0.39, 0.29) is 24.5 Å². The minimum atomic E-state index is -0.0181. The zero-order chi connectivity index (χ0) is 19.8. The lowest BCUT2D eigenvalue weighted by Crippen LogP contribution is -2.46. The Morgan fingerprint density at radius 2 is 1.93 bits per heavy atom. The maximum atomic E-state index is 12.9. The molecule has 7 heteroatoms. The Bertz CT molecular complexity index is 643. The van der Waals surface area contributed by atoms with Crippen molar-refractivity contribution in [1.29, 1.82) is 0 Å². The van der Waals surface area contributed by atoms with Crippen LogP contribution in [0.15, 0.2) is 24.3 Å². The van der Waals surface area contributed by atoms with E-state index in [0.717, 1.165) is 38.0 Å². The van der Waals surface area contributed by atoms with Crippen molar-refractivity contribution in [3.8, 4) is 11.5 Å². The predicted molar refractivity (Wildman–Crippen MR) is 104 cm³/mol. The van der Waals surface area contributed by atoms with Crippen molar-refractivity contribution in [3.05, 3.63) is 24.3 Å². The first-order valence-corrected chi connectivity index (χ1v) is 10.1. The van der Waals surface area contributed by atoms with Gasteiger partial charge >= 0.3 is 0 Å². The van der Waals surface area contributed by atoms with Crippen LogP contribution in [0.4, 0.5) is 0 Å². The summed E-state index contributed by atoms with van der Waals surface area (Å²) >= 11 is 0. The van der Waals surface area contributed by atoms with Crippen molar-refractivity contribution in [2.75, 3.05) is 46.6 Å². The molecule has 2 saturated heterocycles. The highest BCUT2D eigenvalue weighted by Crippen LogP contribution is 2.19. The van der Waals surface area contributed by atoms with Gasteiger partial charge in [-0.2, -0.15) is 0 Å². The molecule has 0 N–H and O–H groups in total. The number of methoxy groups -OCH3 is 1. The molecule has 2 aliphatic heterocycles. The van der Waals surface area contributed by atoms with E-state index in [4.69, 9.17) is 14.2 Å². The molecule has 0 spiro atoms. The SMILES string of the molecule is COc1ccc(OCC(=O)N(CCCN2CCCC2=O)C2CCOCC2)cc1. The largest absolute Gasteiger partial charge is 0.497 e. The Labute approximate surface area is 166 Å². The molecule has 0 radical (unpaired) electrons. The molecule has 1 aromatic rings. The summed E-state index contributed by atoms with van der Waals surface area (Å²) in [5, 5.41) is 0. The van der Waals surface area contributed by atoms with Crippen LogP contribution in [-0.4, -0.2) is 74.2 Å². The molecular formula is C21H30N2O5. The van der Waals surface area contributed by atoms with Crippen LogP contribution >= 0.6 is 0 Å². The summed E-state index contributed by atoms with van der Waals surface area (Å²) in [6.45, 7) is 3.55. The summed E-state index contributed by atoms with van der Waals surface area (Å²) in [5.74, 6) is 1.60. The van der Waals surface area contributed by atoms with Crippen LogP contribution in [0.2, 0.25) is 0 Å². The molecule has 0 bridgehead atoms. The number of rotatable bonds is 9. The molecule has 7 nitrogen and oxygen atoms in total. The van der Waals surface area contributed by atoms with Gasteiger partial charge in [0.15, 0.2) is 6.61 Å². The zero-order valence-electron chi connectivity index (χ0n) is 16.6. The molecule has 1 aromatic carbocycles. The topological polar surface area (TPSA) is 68.3 Å². The number of nitrogens with zero attached hydrogens (tertiary/aromatic N) is 2. The fraction of sp³-hybridized carbons (Fsp3) is 0.619. The van der Waals surface area contributed by atoms with Gasteiger partial charge in [-0.15, -0.1) is 0 Å². The lowest BCUT2D eigenvalue weighted by atomic mass is 10.1. The van der Waals surface area contributed by atoms with Gasteiger partial charge in [0.1, 0.15) is 11.5 Å². The third-order valence-electron chi connectivity index (χ3n) is 5.37. The molecule has 2 fully saturated rings. The van der Waals surface area contributed by atoms with Crippen LogP contribution in [0.25, 0.3) is 0 Å². The smallest absolute Gasteiger partial charge is 0.260 e. The molecular weight excluding hydrogens is 360 g/mol. The fourth-order valence-corrected chi connectivity index (χ4v) is 3.78. The van der Waals surface area contributed by atoms with Gasteiger partial charge in [-0.05, 0) is 49.9 Å². The molecule has 3 rings (SSSR count). The Hall–Kier alpha value is -2.28. The number of amides is 2. The Morgan fingerprint density at radius 3 is 2.57 bits per heavy atom. The van der Waals surface area contributed by atoms with Gasteiger partial charge in [0.05, 0.1) is 7.11 Å². The summed E-state index contributed by atoms with van der Waals surface area (Å²) < 4.78 is 16.3. The first-order chi connectivity index (χ1) is 13.7. The summed E-state index contributed by atoms with van der Waals surface area (Å²) in [6, 6.07) is 7.38. The van der Waals surface area contributed by atoms with Gasteiger partial charge in [-0.3, -0.25) is 9.59 Å². The quantitative estimate of drug-likeness (QED) is 0.646. The molecule has 0 aliphatic carbocycles. The van der Waals surface area contributed by atoms with E-state index < -0.39 is 0 Å². The van der Waals surface area contributed by atoms with Gasteiger partial charge in [-0.25, -0.2) is 0 Å². The van der Waals surface area contributed by atoms with Crippen molar-refractivity contribution in [1.82, 2.24) is 9.80 Å².